The Kier molecular flexibility index (Phi) is 4.91. The van der Waals surface area contributed by atoms with Gasteiger partial charge in [-0.1, -0.05) is 35.8 Å². The van der Waals surface area contributed by atoms with Crippen LogP contribution in [0.2, 0.25) is 0 Å². The van der Waals surface area contributed by atoms with Crippen molar-refractivity contribution < 1.29 is 0 Å². The zero-order valence-electron chi connectivity index (χ0n) is 12.4. The van der Waals surface area contributed by atoms with Crippen molar-refractivity contribution in [3.05, 3.63) is 28.2 Å². The molecule has 1 aromatic rings. The Balaban J connectivity index is 2.36. The van der Waals surface area contributed by atoms with Gasteiger partial charge in [0.2, 0.25) is 0 Å². The van der Waals surface area contributed by atoms with Crippen LogP contribution < -0.4 is 10.2 Å². The Hall–Kier alpha value is -0.540. The van der Waals surface area contributed by atoms with E-state index in [1.54, 1.807) is 0 Å². The Morgan fingerprint density at radius 2 is 2.00 bits per heavy atom. The van der Waals surface area contributed by atoms with Crippen molar-refractivity contribution in [2.45, 2.75) is 45.7 Å². The fourth-order valence-electron chi connectivity index (χ4n) is 2.51. The van der Waals surface area contributed by atoms with E-state index in [1.165, 1.54) is 28.6 Å². The summed E-state index contributed by atoms with van der Waals surface area (Å²) in [6.07, 6.45) is 2.68. The van der Waals surface area contributed by atoms with E-state index >= 15 is 0 Å². The summed E-state index contributed by atoms with van der Waals surface area (Å²) in [5.74, 6) is 0.692. The van der Waals surface area contributed by atoms with Crippen LogP contribution in [0.1, 0.15) is 45.2 Å². The quantitative estimate of drug-likeness (QED) is 0.836. The van der Waals surface area contributed by atoms with Gasteiger partial charge < -0.3 is 10.2 Å². The first-order chi connectivity index (χ1) is 9.02. The van der Waals surface area contributed by atoms with Crippen LogP contribution in [0.4, 0.5) is 5.69 Å². The number of halogens is 1. The number of benzene rings is 1. The molecule has 0 aliphatic heterocycles. The van der Waals surface area contributed by atoms with Crippen molar-refractivity contribution in [2.24, 2.45) is 5.92 Å². The van der Waals surface area contributed by atoms with Gasteiger partial charge in [-0.2, -0.15) is 0 Å². The lowest BCUT2D eigenvalue weighted by molar-refractivity contribution is 0.596. The Bertz CT molecular complexity index is 427. The molecule has 1 fully saturated rings. The third-order valence-corrected chi connectivity index (χ3v) is 4.24. The molecule has 0 radical (unpaired) electrons. The van der Waals surface area contributed by atoms with Crippen LogP contribution in [0, 0.1) is 5.92 Å². The molecule has 19 heavy (non-hydrogen) atoms. The average Bonchev–Trinajstić information content (AvgIpc) is 3.19. The van der Waals surface area contributed by atoms with E-state index in [9.17, 15) is 0 Å². The van der Waals surface area contributed by atoms with Crippen LogP contribution in [0.5, 0.6) is 0 Å². The van der Waals surface area contributed by atoms with Crippen molar-refractivity contribution in [3.63, 3.8) is 0 Å². The summed E-state index contributed by atoms with van der Waals surface area (Å²) >= 11 is 3.62. The predicted octanol–water partition coefficient (Wildman–Crippen LogP) is 4.35. The molecule has 2 rings (SSSR count). The van der Waals surface area contributed by atoms with E-state index in [4.69, 9.17) is 0 Å². The highest BCUT2D eigenvalue weighted by molar-refractivity contribution is 9.10. The summed E-state index contributed by atoms with van der Waals surface area (Å²) in [5.41, 5.74) is 2.80. The van der Waals surface area contributed by atoms with Gasteiger partial charge >= 0.3 is 0 Å². The third kappa shape index (κ3) is 3.73. The Labute approximate surface area is 125 Å². The fraction of sp³-hybridized carbons (Fsp3) is 0.625. The maximum Gasteiger partial charge on any atom is 0.0428 e. The van der Waals surface area contributed by atoms with E-state index in [0.717, 1.165) is 12.6 Å². The second-order valence-corrected chi connectivity index (χ2v) is 6.91. The molecular weight excluding hydrogens is 300 g/mol. The van der Waals surface area contributed by atoms with Gasteiger partial charge in [0.15, 0.2) is 0 Å². The summed E-state index contributed by atoms with van der Waals surface area (Å²) < 4.78 is 1.17. The fourth-order valence-corrected chi connectivity index (χ4v) is 2.86. The van der Waals surface area contributed by atoms with Crippen LogP contribution in [-0.4, -0.2) is 19.6 Å². The monoisotopic (exact) mass is 324 g/mol. The number of nitrogens with one attached hydrogen (secondary N) is 1. The van der Waals surface area contributed by atoms with Crippen molar-refractivity contribution in [1.82, 2.24) is 5.32 Å². The van der Waals surface area contributed by atoms with Crippen molar-refractivity contribution in [1.29, 1.82) is 0 Å². The SMILES string of the molecule is CNC(C)c1ccc(Br)cc1N(CC(C)C)C1CC1. The van der Waals surface area contributed by atoms with E-state index in [2.05, 4.69) is 65.1 Å². The van der Waals surface area contributed by atoms with Crippen molar-refractivity contribution in [2.75, 3.05) is 18.5 Å². The standard InChI is InChI=1S/C16H25BrN2/c1-11(2)10-19(14-6-7-14)16-9-13(17)5-8-15(16)12(3)18-4/h5,8-9,11-12,14,18H,6-7,10H2,1-4H3. The van der Waals surface area contributed by atoms with Gasteiger partial charge in [-0.15, -0.1) is 0 Å². The van der Waals surface area contributed by atoms with Crippen molar-refractivity contribution >= 4 is 21.6 Å². The van der Waals surface area contributed by atoms with Gasteiger partial charge in [-0.05, 0) is 50.4 Å². The van der Waals surface area contributed by atoms with E-state index in [1.807, 2.05) is 7.05 Å². The first-order valence-electron chi connectivity index (χ1n) is 7.26. The zero-order valence-corrected chi connectivity index (χ0v) is 14.0. The van der Waals surface area contributed by atoms with E-state index < -0.39 is 0 Å². The summed E-state index contributed by atoms with van der Waals surface area (Å²) in [6, 6.07) is 7.81. The molecule has 2 nitrogen and oxygen atoms in total. The molecular formula is C16H25BrN2. The molecule has 1 aliphatic carbocycles. The predicted molar refractivity (Wildman–Crippen MR) is 86.8 cm³/mol. The maximum absolute atomic E-state index is 3.62. The highest BCUT2D eigenvalue weighted by atomic mass is 79.9. The van der Waals surface area contributed by atoms with Crippen LogP contribution in [-0.2, 0) is 0 Å². The Morgan fingerprint density at radius 3 is 2.53 bits per heavy atom. The lowest BCUT2D eigenvalue weighted by Gasteiger charge is -2.30. The second kappa shape index (κ2) is 6.27. The summed E-state index contributed by atoms with van der Waals surface area (Å²) in [7, 11) is 2.03. The van der Waals surface area contributed by atoms with Crippen LogP contribution >= 0.6 is 15.9 Å². The van der Waals surface area contributed by atoms with Gasteiger partial charge in [0.1, 0.15) is 0 Å². The van der Waals surface area contributed by atoms with Gasteiger partial charge in [-0.25, -0.2) is 0 Å². The Morgan fingerprint density at radius 1 is 1.32 bits per heavy atom. The summed E-state index contributed by atoms with van der Waals surface area (Å²) in [4.78, 5) is 2.61. The van der Waals surface area contributed by atoms with Gasteiger partial charge in [0.25, 0.3) is 0 Å². The van der Waals surface area contributed by atoms with Crippen LogP contribution in [0.3, 0.4) is 0 Å². The van der Waals surface area contributed by atoms with Crippen LogP contribution in [0.25, 0.3) is 0 Å². The molecule has 1 unspecified atom stereocenters. The summed E-state index contributed by atoms with van der Waals surface area (Å²) in [6.45, 7) is 7.97. The van der Waals surface area contributed by atoms with Crippen molar-refractivity contribution in [3.8, 4) is 0 Å². The molecule has 0 amide bonds. The largest absolute Gasteiger partial charge is 0.368 e. The first kappa shape index (κ1) is 14.9. The highest BCUT2D eigenvalue weighted by Gasteiger charge is 2.31. The lowest BCUT2D eigenvalue weighted by Crippen LogP contribution is -2.31. The molecule has 1 N–H and O–H groups in total. The minimum absolute atomic E-state index is 0.386. The number of anilines is 1. The molecule has 106 valence electrons. The number of hydrogen-bond acceptors (Lipinski definition) is 2. The molecule has 0 saturated heterocycles. The molecule has 1 aromatic carbocycles. The van der Waals surface area contributed by atoms with Gasteiger partial charge in [0.05, 0.1) is 0 Å². The smallest absolute Gasteiger partial charge is 0.0428 e. The molecule has 0 aromatic heterocycles. The highest BCUT2D eigenvalue weighted by Crippen LogP contribution is 2.37. The zero-order chi connectivity index (χ0) is 14.0. The van der Waals surface area contributed by atoms with Gasteiger partial charge in [0, 0.05) is 28.8 Å². The molecule has 1 aliphatic rings. The first-order valence-corrected chi connectivity index (χ1v) is 8.05. The number of nitrogens with zero attached hydrogens (tertiary/aromatic N) is 1. The van der Waals surface area contributed by atoms with Gasteiger partial charge in [-0.3, -0.25) is 0 Å². The third-order valence-electron chi connectivity index (χ3n) is 3.75. The molecule has 0 heterocycles. The minimum Gasteiger partial charge on any atom is -0.368 e. The molecule has 1 atom stereocenters. The normalized spacial score (nSPS) is 16.7. The topological polar surface area (TPSA) is 15.3 Å². The lowest BCUT2D eigenvalue weighted by atomic mass is 10.0. The number of hydrogen-bond donors (Lipinski definition) is 1. The van der Waals surface area contributed by atoms with E-state index in [-0.39, 0.29) is 0 Å². The second-order valence-electron chi connectivity index (χ2n) is 5.99. The minimum atomic E-state index is 0.386. The van der Waals surface area contributed by atoms with E-state index in [0.29, 0.717) is 12.0 Å². The van der Waals surface area contributed by atoms with Crippen LogP contribution in [0.15, 0.2) is 22.7 Å². The average molecular weight is 325 g/mol. The maximum atomic E-state index is 3.62. The molecule has 0 bridgehead atoms. The molecule has 1 saturated carbocycles. The molecule has 3 heteroatoms. The summed E-state index contributed by atoms with van der Waals surface area (Å²) in [5, 5.41) is 3.37. The number of rotatable bonds is 6. The molecule has 0 spiro atoms.